The zero-order chi connectivity index (χ0) is 26.4. The Bertz CT molecular complexity index is 1340. The molecule has 194 valence electrons. The Morgan fingerprint density at radius 2 is 2.00 bits per heavy atom. The molecule has 0 saturated carbocycles. The number of ether oxygens (including phenoxy) is 1. The lowest BCUT2D eigenvalue weighted by Gasteiger charge is -2.48. The molecule has 2 atom stereocenters. The molecule has 0 radical (unpaired) electrons. The summed E-state index contributed by atoms with van der Waals surface area (Å²) in [5.74, 6) is -0.199. The van der Waals surface area contributed by atoms with Crippen LogP contribution in [0.25, 0.3) is 11.1 Å². The number of hydrogen-bond acceptors (Lipinski definition) is 4. The van der Waals surface area contributed by atoms with Crippen molar-refractivity contribution in [2.75, 3.05) is 36.6 Å². The number of fused-ring (bicyclic) bond motifs is 3. The zero-order valence-corrected chi connectivity index (χ0v) is 21.8. The van der Waals surface area contributed by atoms with Gasteiger partial charge in [0.15, 0.2) is 5.67 Å². The second kappa shape index (κ2) is 9.53. The van der Waals surface area contributed by atoms with Gasteiger partial charge in [-0.3, -0.25) is 9.78 Å². The van der Waals surface area contributed by atoms with E-state index in [0.717, 1.165) is 33.6 Å². The predicted octanol–water partition coefficient (Wildman–Crippen LogP) is 6.05. The van der Waals surface area contributed by atoms with Crippen LogP contribution in [-0.4, -0.2) is 49.0 Å². The molecule has 5 nitrogen and oxygen atoms in total. The lowest BCUT2D eigenvalue weighted by Crippen LogP contribution is -2.61. The number of anilines is 2. The van der Waals surface area contributed by atoms with Crippen LogP contribution in [0.5, 0.6) is 0 Å². The second-order valence-corrected chi connectivity index (χ2v) is 11.1. The number of alkyl halides is 2. The summed E-state index contributed by atoms with van der Waals surface area (Å²) in [6.45, 7) is 8.35. The number of nitrogens with zero attached hydrogens (tertiary/aromatic N) is 2. The maximum Gasteiger partial charge on any atom is 0.255 e. The van der Waals surface area contributed by atoms with Crippen LogP contribution < -0.4 is 10.2 Å². The van der Waals surface area contributed by atoms with E-state index < -0.39 is 18.4 Å². The van der Waals surface area contributed by atoms with Gasteiger partial charge in [0, 0.05) is 47.2 Å². The van der Waals surface area contributed by atoms with Crippen molar-refractivity contribution in [2.45, 2.75) is 51.2 Å². The van der Waals surface area contributed by atoms with Gasteiger partial charge < -0.3 is 15.0 Å². The third-order valence-electron chi connectivity index (χ3n) is 7.42. The molecule has 3 aromatic rings. The van der Waals surface area contributed by atoms with Gasteiger partial charge in [-0.25, -0.2) is 8.78 Å². The van der Waals surface area contributed by atoms with Crippen LogP contribution in [0, 0.1) is 6.92 Å². The minimum Gasteiger partial charge on any atom is -0.377 e. The number of halogens is 2. The van der Waals surface area contributed by atoms with Crippen LogP contribution >= 0.6 is 0 Å². The Labute approximate surface area is 216 Å². The summed E-state index contributed by atoms with van der Waals surface area (Å²) < 4.78 is 34.8. The Morgan fingerprint density at radius 3 is 2.76 bits per heavy atom. The number of hydrogen-bond donors (Lipinski definition) is 1. The van der Waals surface area contributed by atoms with Gasteiger partial charge in [0.05, 0.1) is 19.3 Å². The molecule has 2 aliphatic heterocycles. The summed E-state index contributed by atoms with van der Waals surface area (Å²) in [6, 6.07) is 14.6. The molecule has 0 unspecified atom stereocenters. The number of benzene rings is 2. The molecule has 1 amide bonds. The molecule has 0 bridgehead atoms. The van der Waals surface area contributed by atoms with E-state index in [4.69, 9.17) is 4.74 Å². The highest BCUT2D eigenvalue weighted by atomic mass is 19.2. The highest BCUT2D eigenvalue weighted by Crippen LogP contribution is 2.42. The van der Waals surface area contributed by atoms with Crippen LogP contribution in [0.3, 0.4) is 0 Å². The van der Waals surface area contributed by atoms with E-state index in [2.05, 4.69) is 37.1 Å². The average Bonchev–Trinajstić information content (AvgIpc) is 2.89. The van der Waals surface area contributed by atoms with Crippen molar-refractivity contribution in [3.63, 3.8) is 0 Å². The fourth-order valence-corrected chi connectivity index (χ4v) is 5.24. The summed E-state index contributed by atoms with van der Waals surface area (Å²) in [5.41, 5.74) is 4.68. The normalized spacial score (nSPS) is 21.2. The molecule has 0 aliphatic carbocycles. The summed E-state index contributed by atoms with van der Waals surface area (Å²) in [5, 5.41) is 3.02. The van der Waals surface area contributed by atoms with Crippen molar-refractivity contribution in [3.05, 3.63) is 77.1 Å². The van der Waals surface area contributed by atoms with Gasteiger partial charge in [-0.05, 0) is 59.5 Å². The van der Waals surface area contributed by atoms with Gasteiger partial charge in [0.25, 0.3) is 5.91 Å². The molecule has 1 fully saturated rings. The number of aryl methyl sites for hydroxylation is 1. The number of pyridine rings is 1. The Balaban J connectivity index is 1.45. The van der Waals surface area contributed by atoms with E-state index in [1.807, 2.05) is 48.2 Å². The van der Waals surface area contributed by atoms with E-state index in [1.54, 1.807) is 12.3 Å². The number of carbonyl (C=O) groups excluding carboxylic acids is 1. The van der Waals surface area contributed by atoms with Crippen LogP contribution in [0.1, 0.15) is 48.0 Å². The van der Waals surface area contributed by atoms with Crippen LogP contribution in [0.2, 0.25) is 0 Å². The van der Waals surface area contributed by atoms with Crippen molar-refractivity contribution in [1.29, 1.82) is 0 Å². The Morgan fingerprint density at radius 1 is 1.19 bits per heavy atom. The number of nitrogens with one attached hydrogen (secondary N) is 1. The maximum atomic E-state index is 15.5. The second-order valence-electron chi connectivity index (χ2n) is 11.1. The van der Waals surface area contributed by atoms with Crippen molar-refractivity contribution < 1.29 is 18.3 Å². The molecular weight excluding hydrogens is 472 g/mol. The van der Waals surface area contributed by atoms with Crippen molar-refractivity contribution >= 4 is 17.3 Å². The van der Waals surface area contributed by atoms with Gasteiger partial charge in [-0.15, -0.1) is 0 Å². The minimum absolute atomic E-state index is 0.0290. The fourth-order valence-electron chi connectivity index (χ4n) is 5.24. The predicted molar refractivity (Wildman–Crippen MR) is 143 cm³/mol. The van der Waals surface area contributed by atoms with Crippen molar-refractivity contribution in [1.82, 2.24) is 4.98 Å². The van der Waals surface area contributed by atoms with E-state index in [9.17, 15) is 9.18 Å². The quantitative estimate of drug-likeness (QED) is 0.469. The van der Waals surface area contributed by atoms with Crippen molar-refractivity contribution in [2.24, 2.45) is 0 Å². The molecule has 37 heavy (non-hydrogen) atoms. The summed E-state index contributed by atoms with van der Waals surface area (Å²) in [7, 11) is 0. The van der Waals surface area contributed by atoms with Crippen LogP contribution in [-0.2, 0) is 16.6 Å². The van der Waals surface area contributed by atoms with Crippen LogP contribution in [0.15, 0.2) is 54.7 Å². The molecular formula is C30H33F2N3O2. The van der Waals surface area contributed by atoms with Crippen molar-refractivity contribution in [3.8, 4) is 11.1 Å². The third-order valence-corrected chi connectivity index (χ3v) is 7.42. The largest absolute Gasteiger partial charge is 0.377 e. The topological polar surface area (TPSA) is 54.5 Å². The molecule has 1 aromatic heterocycles. The fraction of sp³-hybridized carbons (Fsp3) is 0.400. The van der Waals surface area contributed by atoms with Crippen LogP contribution in [0.4, 0.5) is 20.2 Å². The molecule has 5 rings (SSSR count). The maximum absolute atomic E-state index is 15.5. The van der Waals surface area contributed by atoms with Gasteiger partial charge in [-0.1, -0.05) is 39.0 Å². The number of amides is 1. The smallest absolute Gasteiger partial charge is 0.255 e. The SMILES string of the molecule is Cc1ccc(NC(=O)c2ccnc(C(C)(C)C)c2)cc1-c1ccc2c(c1)N1CCOC[C@H]1[C@](F)(CF)C2. The standard InChI is InChI=1S/C30H33F2N3O2/c1-19-5-8-23(34-28(36)21-9-10-33-26(14-21)29(2,3)4)15-24(19)20-6-7-22-16-30(32,18-31)27-17-37-12-11-35(27)25(22)13-20/h5-10,13-15,27H,11-12,16-18H2,1-4H3,(H,34,36)/t27-,30+/m0/s1. The summed E-state index contributed by atoms with van der Waals surface area (Å²) in [4.78, 5) is 19.4. The van der Waals surface area contributed by atoms with Gasteiger partial charge in [0.2, 0.25) is 0 Å². The first kappa shape index (κ1) is 25.3. The number of aromatic nitrogens is 1. The van der Waals surface area contributed by atoms with E-state index in [0.29, 0.717) is 24.4 Å². The Kier molecular flexibility index (Phi) is 6.52. The Hall–Kier alpha value is -3.32. The lowest BCUT2D eigenvalue weighted by atomic mass is 9.82. The molecule has 1 saturated heterocycles. The van der Waals surface area contributed by atoms with Gasteiger partial charge >= 0.3 is 0 Å². The molecule has 2 aromatic carbocycles. The third kappa shape index (κ3) is 4.85. The first-order valence-corrected chi connectivity index (χ1v) is 12.7. The molecule has 1 N–H and O–H groups in total. The molecule has 3 heterocycles. The molecule has 7 heteroatoms. The first-order chi connectivity index (χ1) is 17.6. The average molecular weight is 506 g/mol. The minimum atomic E-state index is -1.95. The van der Waals surface area contributed by atoms with Gasteiger partial charge in [-0.2, -0.15) is 0 Å². The lowest BCUT2D eigenvalue weighted by molar-refractivity contribution is 0.000808. The molecule has 2 aliphatic rings. The first-order valence-electron chi connectivity index (χ1n) is 12.7. The van der Waals surface area contributed by atoms with E-state index >= 15 is 4.39 Å². The summed E-state index contributed by atoms with van der Waals surface area (Å²) >= 11 is 0. The van der Waals surface area contributed by atoms with Gasteiger partial charge in [0.1, 0.15) is 6.67 Å². The zero-order valence-electron chi connectivity index (χ0n) is 21.8. The number of rotatable bonds is 4. The summed E-state index contributed by atoms with van der Waals surface area (Å²) in [6.07, 6.45) is 1.69. The van der Waals surface area contributed by atoms with E-state index in [1.165, 1.54) is 0 Å². The molecule has 0 spiro atoms. The van der Waals surface area contributed by atoms with E-state index in [-0.39, 0.29) is 24.3 Å². The highest BCUT2D eigenvalue weighted by Gasteiger charge is 2.48. The number of morpholine rings is 1. The highest BCUT2D eigenvalue weighted by molar-refractivity contribution is 6.04. The monoisotopic (exact) mass is 505 g/mol. The number of carbonyl (C=O) groups is 1.